The minimum atomic E-state index is -3.33. The Morgan fingerprint density at radius 2 is 1.88 bits per heavy atom. The quantitative estimate of drug-likeness (QED) is 0.699. The summed E-state index contributed by atoms with van der Waals surface area (Å²) in [5, 5.41) is 8.67. The SMILES string of the molecule is CC1CC1CN(C)S(=O)(=O)N(C)CCCO. The van der Waals surface area contributed by atoms with E-state index < -0.39 is 10.2 Å². The molecule has 1 N–H and O–H groups in total. The Kier molecular flexibility index (Phi) is 4.73. The highest BCUT2D eigenvalue weighted by Gasteiger charge is 2.36. The number of rotatable bonds is 7. The van der Waals surface area contributed by atoms with Crippen molar-refractivity contribution in [2.24, 2.45) is 11.8 Å². The van der Waals surface area contributed by atoms with Gasteiger partial charge in [-0.05, 0) is 24.7 Å². The Balaban J connectivity index is 2.47. The lowest BCUT2D eigenvalue weighted by Crippen LogP contribution is -2.41. The van der Waals surface area contributed by atoms with Gasteiger partial charge in [-0.1, -0.05) is 6.92 Å². The maximum Gasteiger partial charge on any atom is 0.281 e. The molecule has 1 saturated carbocycles. The van der Waals surface area contributed by atoms with Crippen molar-refractivity contribution in [2.45, 2.75) is 19.8 Å². The molecule has 0 bridgehead atoms. The van der Waals surface area contributed by atoms with Crippen LogP contribution >= 0.6 is 0 Å². The van der Waals surface area contributed by atoms with E-state index in [-0.39, 0.29) is 6.61 Å². The molecular formula is C10H22N2O3S. The molecule has 1 rings (SSSR count). The van der Waals surface area contributed by atoms with Crippen LogP contribution in [0.2, 0.25) is 0 Å². The van der Waals surface area contributed by atoms with Crippen LogP contribution in [0.3, 0.4) is 0 Å². The van der Waals surface area contributed by atoms with Gasteiger partial charge in [-0.15, -0.1) is 0 Å². The molecule has 0 aromatic rings. The number of aliphatic hydroxyl groups is 1. The first-order valence-corrected chi connectivity index (χ1v) is 7.07. The minimum absolute atomic E-state index is 0.0171. The molecular weight excluding hydrogens is 228 g/mol. The zero-order valence-corrected chi connectivity index (χ0v) is 11.1. The highest BCUT2D eigenvalue weighted by atomic mass is 32.2. The van der Waals surface area contributed by atoms with Gasteiger partial charge in [0.05, 0.1) is 0 Å². The number of aliphatic hydroxyl groups excluding tert-OH is 1. The summed E-state index contributed by atoms with van der Waals surface area (Å²) in [6, 6.07) is 0. The van der Waals surface area contributed by atoms with E-state index in [0.29, 0.717) is 31.3 Å². The molecule has 0 heterocycles. The molecule has 16 heavy (non-hydrogen) atoms. The summed E-state index contributed by atoms with van der Waals surface area (Å²) in [6.45, 7) is 3.13. The average molecular weight is 250 g/mol. The standard InChI is InChI=1S/C10H22N2O3S/c1-9-7-10(9)8-12(3)16(14,15)11(2)5-4-6-13/h9-10,13H,4-8H2,1-3H3. The van der Waals surface area contributed by atoms with Gasteiger partial charge in [-0.2, -0.15) is 17.0 Å². The molecule has 0 aromatic heterocycles. The van der Waals surface area contributed by atoms with E-state index >= 15 is 0 Å². The largest absolute Gasteiger partial charge is 0.396 e. The summed E-state index contributed by atoms with van der Waals surface area (Å²) < 4.78 is 26.7. The Morgan fingerprint density at radius 1 is 1.31 bits per heavy atom. The third-order valence-corrected chi connectivity index (χ3v) is 5.09. The fourth-order valence-corrected chi connectivity index (χ4v) is 2.94. The normalized spacial score (nSPS) is 25.4. The van der Waals surface area contributed by atoms with Crippen molar-refractivity contribution in [1.82, 2.24) is 8.61 Å². The predicted molar refractivity (Wildman–Crippen MR) is 63.2 cm³/mol. The second kappa shape index (κ2) is 5.44. The van der Waals surface area contributed by atoms with Crippen LogP contribution in [0, 0.1) is 11.8 Å². The van der Waals surface area contributed by atoms with Gasteiger partial charge >= 0.3 is 0 Å². The van der Waals surface area contributed by atoms with E-state index in [1.807, 2.05) is 0 Å². The monoisotopic (exact) mass is 250 g/mol. The summed E-state index contributed by atoms with van der Waals surface area (Å²) in [4.78, 5) is 0. The van der Waals surface area contributed by atoms with Crippen LogP contribution in [0.4, 0.5) is 0 Å². The van der Waals surface area contributed by atoms with Crippen molar-refractivity contribution in [3.8, 4) is 0 Å². The van der Waals surface area contributed by atoms with Gasteiger partial charge in [-0.25, -0.2) is 0 Å². The summed E-state index contributed by atoms with van der Waals surface area (Å²) in [5.41, 5.74) is 0. The topological polar surface area (TPSA) is 60.9 Å². The van der Waals surface area contributed by atoms with Gasteiger partial charge < -0.3 is 5.11 Å². The highest BCUT2D eigenvalue weighted by Crippen LogP contribution is 2.38. The molecule has 0 aliphatic heterocycles. The van der Waals surface area contributed by atoms with Crippen LogP contribution in [0.5, 0.6) is 0 Å². The number of hydrogen-bond acceptors (Lipinski definition) is 3. The smallest absolute Gasteiger partial charge is 0.281 e. The van der Waals surface area contributed by atoms with Crippen molar-refractivity contribution >= 4 is 10.2 Å². The Hall–Kier alpha value is -0.170. The van der Waals surface area contributed by atoms with Gasteiger partial charge in [0.2, 0.25) is 0 Å². The van der Waals surface area contributed by atoms with E-state index in [4.69, 9.17) is 5.11 Å². The molecule has 2 atom stereocenters. The Morgan fingerprint density at radius 3 is 2.31 bits per heavy atom. The molecule has 0 radical (unpaired) electrons. The van der Waals surface area contributed by atoms with Crippen LogP contribution in [-0.2, 0) is 10.2 Å². The van der Waals surface area contributed by atoms with Crippen molar-refractivity contribution in [2.75, 3.05) is 33.8 Å². The summed E-state index contributed by atoms with van der Waals surface area (Å²) in [6.07, 6.45) is 1.60. The van der Waals surface area contributed by atoms with Gasteiger partial charge in [0, 0.05) is 33.8 Å². The number of hydrogen-bond donors (Lipinski definition) is 1. The molecule has 1 aliphatic carbocycles. The van der Waals surface area contributed by atoms with Gasteiger partial charge in [0.25, 0.3) is 10.2 Å². The van der Waals surface area contributed by atoms with Crippen LogP contribution < -0.4 is 0 Å². The Labute approximate surface area is 98.2 Å². The van der Waals surface area contributed by atoms with Crippen LogP contribution in [0.25, 0.3) is 0 Å². The maximum absolute atomic E-state index is 12.0. The van der Waals surface area contributed by atoms with E-state index in [2.05, 4.69) is 6.92 Å². The fourth-order valence-electron chi connectivity index (χ4n) is 1.72. The van der Waals surface area contributed by atoms with Crippen LogP contribution in [-0.4, -0.2) is 55.9 Å². The zero-order chi connectivity index (χ0) is 12.3. The van der Waals surface area contributed by atoms with Crippen molar-refractivity contribution in [3.63, 3.8) is 0 Å². The summed E-state index contributed by atoms with van der Waals surface area (Å²) in [7, 11) is -0.160. The van der Waals surface area contributed by atoms with Crippen molar-refractivity contribution in [1.29, 1.82) is 0 Å². The third kappa shape index (κ3) is 3.41. The molecule has 1 fully saturated rings. The maximum atomic E-state index is 12.0. The first kappa shape index (κ1) is 13.9. The third-order valence-electron chi connectivity index (χ3n) is 3.19. The highest BCUT2D eigenvalue weighted by molar-refractivity contribution is 7.86. The first-order chi connectivity index (χ1) is 7.39. The molecule has 0 spiro atoms. The molecule has 0 aromatic carbocycles. The molecule has 2 unspecified atom stereocenters. The van der Waals surface area contributed by atoms with Gasteiger partial charge in [0.15, 0.2) is 0 Å². The molecule has 1 aliphatic rings. The predicted octanol–water partition coefficient (Wildman–Crippen LogP) is 0.133. The lowest BCUT2D eigenvalue weighted by atomic mass is 10.3. The second-order valence-corrected chi connectivity index (χ2v) is 6.80. The lowest BCUT2D eigenvalue weighted by Gasteiger charge is -2.24. The summed E-state index contributed by atoms with van der Waals surface area (Å²) >= 11 is 0. The molecule has 96 valence electrons. The zero-order valence-electron chi connectivity index (χ0n) is 10.3. The second-order valence-electron chi connectivity index (χ2n) is 4.66. The number of nitrogens with zero attached hydrogens (tertiary/aromatic N) is 2. The van der Waals surface area contributed by atoms with E-state index in [0.717, 1.165) is 6.42 Å². The van der Waals surface area contributed by atoms with E-state index in [1.165, 1.54) is 8.61 Å². The van der Waals surface area contributed by atoms with Gasteiger partial charge in [-0.3, -0.25) is 0 Å². The fraction of sp³-hybridized carbons (Fsp3) is 1.00. The first-order valence-electron chi connectivity index (χ1n) is 5.68. The van der Waals surface area contributed by atoms with Gasteiger partial charge in [0.1, 0.15) is 0 Å². The van der Waals surface area contributed by atoms with E-state index in [1.54, 1.807) is 14.1 Å². The molecule has 0 amide bonds. The molecule has 5 nitrogen and oxygen atoms in total. The van der Waals surface area contributed by atoms with Crippen LogP contribution in [0.1, 0.15) is 19.8 Å². The molecule has 6 heteroatoms. The minimum Gasteiger partial charge on any atom is -0.396 e. The lowest BCUT2D eigenvalue weighted by molar-refractivity contribution is 0.272. The summed E-state index contributed by atoms with van der Waals surface area (Å²) in [5.74, 6) is 1.17. The average Bonchev–Trinajstić information content (AvgIpc) is 2.90. The van der Waals surface area contributed by atoms with Crippen molar-refractivity contribution < 1.29 is 13.5 Å². The van der Waals surface area contributed by atoms with Crippen LogP contribution in [0.15, 0.2) is 0 Å². The molecule has 0 saturated heterocycles. The van der Waals surface area contributed by atoms with E-state index in [9.17, 15) is 8.42 Å². The van der Waals surface area contributed by atoms with Crippen molar-refractivity contribution in [3.05, 3.63) is 0 Å². The Bertz CT molecular complexity index is 318.